The predicted molar refractivity (Wildman–Crippen MR) is 56.9 cm³/mol. The lowest BCUT2D eigenvalue weighted by molar-refractivity contribution is -0.141. The van der Waals surface area contributed by atoms with E-state index in [0.717, 1.165) is 6.07 Å². The van der Waals surface area contributed by atoms with Crippen LogP contribution in [0, 0.1) is 11.6 Å². The molecule has 0 bridgehead atoms. The highest BCUT2D eigenvalue weighted by Crippen LogP contribution is 2.20. The molecular formula is C11H9ClF2O3. The number of ketones is 1. The van der Waals surface area contributed by atoms with Crippen LogP contribution in [0.4, 0.5) is 8.78 Å². The molecule has 1 aromatic rings. The minimum Gasteiger partial charge on any atom is -0.466 e. The number of esters is 1. The van der Waals surface area contributed by atoms with Gasteiger partial charge in [-0.2, -0.15) is 0 Å². The third kappa shape index (κ3) is 3.49. The fourth-order valence-corrected chi connectivity index (χ4v) is 1.34. The Morgan fingerprint density at radius 2 is 1.94 bits per heavy atom. The second-order valence-electron chi connectivity index (χ2n) is 3.15. The first-order valence-electron chi connectivity index (χ1n) is 4.79. The van der Waals surface area contributed by atoms with E-state index in [1.165, 1.54) is 0 Å². The minimum absolute atomic E-state index is 0.124. The average molecular weight is 263 g/mol. The van der Waals surface area contributed by atoms with Crippen molar-refractivity contribution in [3.8, 4) is 0 Å². The quantitative estimate of drug-likeness (QED) is 0.363. The Kier molecular flexibility index (Phi) is 4.57. The summed E-state index contributed by atoms with van der Waals surface area (Å²) in [6.45, 7) is 1.70. The number of Topliss-reactive ketones (excluding diaryl/α,β-unsaturated/α-hetero) is 1. The summed E-state index contributed by atoms with van der Waals surface area (Å²) < 4.78 is 30.6. The summed E-state index contributed by atoms with van der Waals surface area (Å²) in [6, 6.07) is 1.36. The summed E-state index contributed by atoms with van der Waals surface area (Å²) in [5.41, 5.74) is -0.426. The third-order valence-electron chi connectivity index (χ3n) is 1.92. The number of hydrogen-bond acceptors (Lipinski definition) is 3. The summed E-state index contributed by atoms with van der Waals surface area (Å²) in [6.07, 6.45) is -0.604. The van der Waals surface area contributed by atoms with Crippen molar-refractivity contribution in [1.29, 1.82) is 0 Å². The smallest absolute Gasteiger partial charge is 0.313 e. The van der Waals surface area contributed by atoms with Crippen LogP contribution < -0.4 is 0 Å². The first-order chi connectivity index (χ1) is 7.95. The number of carbonyl (C=O) groups is 2. The Bertz CT molecular complexity index is 460. The van der Waals surface area contributed by atoms with Gasteiger partial charge in [0.25, 0.3) is 0 Å². The Balaban J connectivity index is 2.89. The predicted octanol–water partition coefficient (Wildman–Crippen LogP) is 2.75. The molecule has 0 heterocycles. The molecule has 92 valence electrons. The molecule has 1 aromatic carbocycles. The Hall–Kier alpha value is -1.49. The molecule has 0 unspecified atom stereocenters. The van der Waals surface area contributed by atoms with Crippen LogP contribution in [0.3, 0.4) is 0 Å². The maximum atomic E-state index is 13.2. The molecule has 0 amide bonds. The normalized spacial score (nSPS) is 10.1. The van der Waals surface area contributed by atoms with Crippen LogP contribution in [0.15, 0.2) is 12.1 Å². The summed E-state index contributed by atoms with van der Waals surface area (Å²) >= 11 is 5.42. The van der Waals surface area contributed by atoms with Crippen molar-refractivity contribution in [1.82, 2.24) is 0 Å². The molecule has 3 nitrogen and oxygen atoms in total. The summed E-state index contributed by atoms with van der Waals surface area (Å²) in [5, 5.41) is -0.376. The third-order valence-corrected chi connectivity index (χ3v) is 2.21. The van der Waals surface area contributed by atoms with Gasteiger partial charge in [-0.3, -0.25) is 9.59 Å². The van der Waals surface area contributed by atoms with Gasteiger partial charge in [-0.05, 0) is 13.0 Å². The molecule has 0 aliphatic heterocycles. The van der Waals surface area contributed by atoms with Crippen LogP contribution in [0.25, 0.3) is 0 Å². The van der Waals surface area contributed by atoms with Gasteiger partial charge in [0.2, 0.25) is 0 Å². The van der Waals surface area contributed by atoms with Gasteiger partial charge in [-0.15, -0.1) is 0 Å². The zero-order chi connectivity index (χ0) is 13.0. The van der Waals surface area contributed by atoms with Crippen LogP contribution >= 0.6 is 11.6 Å². The van der Waals surface area contributed by atoms with Crippen molar-refractivity contribution in [3.63, 3.8) is 0 Å². The molecule has 0 atom stereocenters. The van der Waals surface area contributed by atoms with Gasteiger partial charge in [0.1, 0.15) is 18.1 Å². The van der Waals surface area contributed by atoms with Crippen LogP contribution in [0.2, 0.25) is 5.02 Å². The van der Waals surface area contributed by atoms with E-state index in [0.29, 0.717) is 6.07 Å². The number of halogens is 3. The van der Waals surface area contributed by atoms with Crippen LogP contribution in [0.1, 0.15) is 23.7 Å². The molecular weight excluding hydrogens is 254 g/mol. The first-order valence-corrected chi connectivity index (χ1v) is 5.16. The minimum atomic E-state index is -1.05. The largest absolute Gasteiger partial charge is 0.466 e. The maximum absolute atomic E-state index is 13.2. The van der Waals surface area contributed by atoms with Crippen molar-refractivity contribution in [2.24, 2.45) is 0 Å². The molecule has 0 aliphatic carbocycles. The Morgan fingerprint density at radius 1 is 1.29 bits per heavy atom. The number of rotatable bonds is 4. The lowest BCUT2D eigenvalue weighted by Crippen LogP contribution is -2.12. The second kappa shape index (κ2) is 5.72. The number of benzene rings is 1. The molecule has 0 spiro atoms. The maximum Gasteiger partial charge on any atom is 0.313 e. The van der Waals surface area contributed by atoms with E-state index >= 15 is 0 Å². The zero-order valence-electron chi connectivity index (χ0n) is 8.93. The first kappa shape index (κ1) is 13.6. The van der Waals surface area contributed by atoms with Gasteiger partial charge in [0.05, 0.1) is 17.2 Å². The highest BCUT2D eigenvalue weighted by molar-refractivity contribution is 6.31. The lowest BCUT2D eigenvalue weighted by Gasteiger charge is -2.04. The van der Waals surface area contributed by atoms with Gasteiger partial charge in [0, 0.05) is 6.07 Å². The zero-order valence-corrected chi connectivity index (χ0v) is 9.68. The van der Waals surface area contributed by atoms with Gasteiger partial charge < -0.3 is 4.74 Å². The van der Waals surface area contributed by atoms with Gasteiger partial charge in [0.15, 0.2) is 5.78 Å². The molecule has 0 saturated heterocycles. The summed E-state index contributed by atoms with van der Waals surface area (Å²) in [5.74, 6) is -3.58. The molecule has 0 aliphatic rings. The van der Waals surface area contributed by atoms with E-state index in [1.54, 1.807) is 6.92 Å². The van der Waals surface area contributed by atoms with Crippen molar-refractivity contribution >= 4 is 23.4 Å². The van der Waals surface area contributed by atoms with E-state index in [-0.39, 0.29) is 11.6 Å². The van der Waals surface area contributed by atoms with Crippen LogP contribution in [-0.4, -0.2) is 18.4 Å². The van der Waals surface area contributed by atoms with Crippen LogP contribution in [0.5, 0.6) is 0 Å². The van der Waals surface area contributed by atoms with Crippen molar-refractivity contribution in [2.75, 3.05) is 6.61 Å². The molecule has 0 saturated carbocycles. The molecule has 0 aromatic heterocycles. The highest BCUT2D eigenvalue weighted by atomic mass is 35.5. The topological polar surface area (TPSA) is 43.4 Å². The van der Waals surface area contributed by atoms with E-state index < -0.39 is 35.4 Å². The fraction of sp³-hybridized carbons (Fsp3) is 0.273. The molecule has 0 radical (unpaired) electrons. The number of ether oxygens (including phenoxy) is 1. The number of hydrogen-bond donors (Lipinski definition) is 0. The van der Waals surface area contributed by atoms with Crippen molar-refractivity contribution in [3.05, 3.63) is 34.4 Å². The number of carbonyl (C=O) groups excluding carboxylic acids is 2. The highest BCUT2D eigenvalue weighted by Gasteiger charge is 2.18. The average Bonchev–Trinajstić information content (AvgIpc) is 2.23. The van der Waals surface area contributed by atoms with E-state index in [4.69, 9.17) is 11.6 Å². The molecule has 17 heavy (non-hydrogen) atoms. The SMILES string of the molecule is CCOC(=O)CC(=O)c1cc(Cl)c(F)cc1F. The van der Waals surface area contributed by atoms with Crippen LogP contribution in [-0.2, 0) is 9.53 Å². The van der Waals surface area contributed by atoms with Gasteiger partial charge >= 0.3 is 5.97 Å². The Morgan fingerprint density at radius 3 is 2.53 bits per heavy atom. The summed E-state index contributed by atoms with van der Waals surface area (Å²) in [7, 11) is 0. The molecule has 0 fully saturated rings. The summed E-state index contributed by atoms with van der Waals surface area (Å²) in [4.78, 5) is 22.5. The van der Waals surface area contributed by atoms with Gasteiger partial charge in [-0.25, -0.2) is 8.78 Å². The molecule has 6 heteroatoms. The standard InChI is InChI=1S/C11H9ClF2O3/c1-2-17-11(16)5-10(15)6-3-7(12)9(14)4-8(6)13/h3-4H,2,5H2,1H3. The van der Waals surface area contributed by atoms with Crippen molar-refractivity contribution in [2.45, 2.75) is 13.3 Å². The van der Waals surface area contributed by atoms with E-state index in [2.05, 4.69) is 4.74 Å². The molecule has 0 N–H and O–H groups in total. The monoisotopic (exact) mass is 262 g/mol. The van der Waals surface area contributed by atoms with E-state index in [9.17, 15) is 18.4 Å². The molecule has 1 rings (SSSR count). The van der Waals surface area contributed by atoms with Gasteiger partial charge in [-0.1, -0.05) is 11.6 Å². The fourth-order valence-electron chi connectivity index (χ4n) is 1.17. The van der Waals surface area contributed by atoms with E-state index in [1.807, 2.05) is 0 Å². The second-order valence-corrected chi connectivity index (χ2v) is 3.56. The lowest BCUT2D eigenvalue weighted by atomic mass is 10.1. The Labute approximate surface area is 101 Å². The van der Waals surface area contributed by atoms with Crippen molar-refractivity contribution < 1.29 is 23.1 Å².